The molecule has 0 bridgehead atoms. The Hall–Kier alpha value is -1.39. The fourth-order valence-corrected chi connectivity index (χ4v) is 2.41. The van der Waals surface area contributed by atoms with E-state index in [0.717, 1.165) is 17.5 Å². The van der Waals surface area contributed by atoms with Crippen molar-refractivity contribution in [1.29, 1.82) is 0 Å². The maximum atomic E-state index is 11.2. The maximum absolute atomic E-state index is 11.2. The summed E-state index contributed by atoms with van der Waals surface area (Å²) in [5.74, 6) is 0. The van der Waals surface area contributed by atoms with E-state index in [9.17, 15) is 9.90 Å². The summed E-state index contributed by atoms with van der Waals surface area (Å²) in [6, 6.07) is 7.34. The number of aliphatic hydroxyl groups excluding tert-OH is 1. The lowest BCUT2D eigenvalue weighted by Gasteiger charge is -2.40. The van der Waals surface area contributed by atoms with Gasteiger partial charge >= 0.3 is 0 Å². The minimum Gasteiger partial charge on any atom is -0.392 e. The third-order valence-electron chi connectivity index (χ3n) is 3.16. The number of aldehydes is 1. The zero-order valence-corrected chi connectivity index (χ0v) is 9.91. The molecule has 1 aliphatic heterocycles. The molecule has 0 amide bonds. The molecule has 0 fully saturated rings. The molecule has 92 valence electrons. The van der Waals surface area contributed by atoms with E-state index in [1.165, 1.54) is 0 Å². The number of para-hydroxylation sites is 1. The molecule has 1 aliphatic rings. The Balaban J connectivity index is 2.39. The lowest BCUT2D eigenvalue weighted by Crippen LogP contribution is -2.55. The molecular weight excluding hydrogens is 216 g/mol. The molecule has 4 nitrogen and oxygen atoms in total. The van der Waals surface area contributed by atoms with Crippen LogP contribution < -0.4 is 10.6 Å². The van der Waals surface area contributed by atoms with E-state index in [1.807, 2.05) is 29.2 Å². The molecule has 0 saturated heterocycles. The van der Waals surface area contributed by atoms with Crippen molar-refractivity contribution >= 4 is 12.0 Å². The van der Waals surface area contributed by atoms with Crippen molar-refractivity contribution in [3.63, 3.8) is 0 Å². The number of anilines is 1. The van der Waals surface area contributed by atoms with Gasteiger partial charge in [-0.15, -0.1) is 0 Å². The minimum atomic E-state index is -0.490. The Kier molecular flexibility index (Phi) is 3.45. The summed E-state index contributed by atoms with van der Waals surface area (Å²) >= 11 is 0. The molecule has 1 heterocycles. The highest BCUT2D eigenvalue weighted by atomic mass is 16.3. The summed E-state index contributed by atoms with van der Waals surface area (Å²) in [6.45, 7) is 2.14. The van der Waals surface area contributed by atoms with Gasteiger partial charge in [-0.3, -0.25) is 0 Å². The highest BCUT2D eigenvalue weighted by Gasteiger charge is 2.32. The van der Waals surface area contributed by atoms with Gasteiger partial charge in [0.2, 0.25) is 0 Å². The number of hydrogen-bond donors (Lipinski definition) is 2. The van der Waals surface area contributed by atoms with Gasteiger partial charge in [-0.05, 0) is 25.0 Å². The molecule has 2 rings (SSSR count). The molecule has 3 unspecified atom stereocenters. The van der Waals surface area contributed by atoms with Gasteiger partial charge in [0.05, 0.1) is 6.10 Å². The van der Waals surface area contributed by atoms with Crippen LogP contribution in [0, 0.1) is 0 Å². The standard InChI is InChI=1S/C13H18N2O2/c1-9(17)7-15-12-5-3-2-4-10(12)6-11(14)13(15)8-16/h2-5,8-9,11,13,17H,6-7,14H2,1H3. The van der Waals surface area contributed by atoms with Crippen LogP contribution >= 0.6 is 0 Å². The monoisotopic (exact) mass is 234 g/mol. The van der Waals surface area contributed by atoms with Crippen LogP contribution in [0.5, 0.6) is 0 Å². The number of β-amino-alcohol motifs (C(OH)–C–C–N with tert-alkyl or cyclic N) is 1. The number of fused-ring (bicyclic) bond motifs is 1. The van der Waals surface area contributed by atoms with Crippen molar-refractivity contribution in [2.24, 2.45) is 5.73 Å². The van der Waals surface area contributed by atoms with Crippen molar-refractivity contribution in [2.45, 2.75) is 31.5 Å². The van der Waals surface area contributed by atoms with Gasteiger partial charge in [-0.25, -0.2) is 0 Å². The lowest BCUT2D eigenvalue weighted by molar-refractivity contribution is -0.109. The van der Waals surface area contributed by atoms with E-state index in [4.69, 9.17) is 5.73 Å². The molecule has 0 aliphatic carbocycles. The lowest BCUT2D eigenvalue weighted by atomic mass is 9.92. The summed E-state index contributed by atoms with van der Waals surface area (Å²) in [4.78, 5) is 13.1. The average molecular weight is 234 g/mol. The van der Waals surface area contributed by atoms with Gasteiger partial charge in [0.25, 0.3) is 0 Å². The second kappa shape index (κ2) is 4.85. The zero-order valence-electron chi connectivity index (χ0n) is 9.91. The Labute approximate surface area is 101 Å². The first-order valence-electron chi connectivity index (χ1n) is 5.87. The SMILES string of the molecule is CC(O)CN1c2ccccc2CC(N)C1C=O. The highest BCUT2D eigenvalue weighted by Crippen LogP contribution is 2.29. The fraction of sp³-hybridized carbons (Fsp3) is 0.462. The number of rotatable bonds is 3. The van der Waals surface area contributed by atoms with Crippen LogP contribution in [0.2, 0.25) is 0 Å². The van der Waals surface area contributed by atoms with Crippen LogP contribution in [0.1, 0.15) is 12.5 Å². The van der Waals surface area contributed by atoms with E-state index < -0.39 is 6.10 Å². The molecular formula is C13H18N2O2. The number of nitrogens with two attached hydrogens (primary N) is 1. The van der Waals surface area contributed by atoms with E-state index in [0.29, 0.717) is 13.0 Å². The first-order valence-corrected chi connectivity index (χ1v) is 5.87. The molecule has 0 saturated carbocycles. The van der Waals surface area contributed by atoms with Crippen molar-refractivity contribution in [1.82, 2.24) is 0 Å². The number of nitrogens with zero attached hydrogens (tertiary/aromatic N) is 1. The predicted molar refractivity (Wildman–Crippen MR) is 67.0 cm³/mol. The summed E-state index contributed by atoms with van der Waals surface area (Å²) in [7, 11) is 0. The third kappa shape index (κ3) is 2.33. The average Bonchev–Trinajstić information content (AvgIpc) is 2.28. The highest BCUT2D eigenvalue weighted by molar-refractivity contribution is 5.71. The minimum absolute atomic E-state index is 0.207. The molecule has 0 aromatic heterocycles. The summed E-state index contributed by atoms with van der Waals surface area (Å²) in [6.07, 6.45) is 1.09. The quantitative estimate of drug-likeness (QED) is 0.739. The third-order valence-corrected chi connectivity index (χ3v) is 3.16. The molecule has 0 radical (unpaired) electrons. The number of hydrogen-bond acceptors (Lipinski definition) is 4. The molecule has 1 aromatic carbocycles. The van der Waals surface area contributed by atoms with Gasteiger partial charge in [0.15, 0.2) is 0 Å². The predicted octanol–water partition coefficient (Wildman–Crippen LogP) is 0.325. The van der Waals surface area contributed by atoms with Crippen molar-refractivity contribution < 1.29 is 9.90 Å². The Morgan fingerprint density at radius 1 is 1.59 bits per heavy atom. The molecule has 3 N–H and O–H groups in total. The first kappa shape index (κ1) is 12.1. The number of benzene rings is 1. The van der Waals surface area contributed by atoms with Crippen molar-refractivity contribution in [3.8, 4) is 0 Å². The van der Waals surface area contributed by atoms with Crippen LogP contribution in [-0.2, 0) is 11.2 Å². The van der Waals surface area contributed by atoms with Crippen LogP contribution in [-0.4, -0.2) is 36.1 Å². The van der Waals surface area contributed by atoms with E-state index in [-0.39, 0.29) is 12.1 Å². The van der Waals surface area contributed by atoms with E-state index >= 15 is 0 Å². The maximum Gasteiger partial charge on any atom is 0.144 e. The van der Waals surface area contributed by atoms with E-state index in [1.54, 1.807) is 6.92 Å². The van der Waals surface area contributed by atoms with Crippen LogP contribution in [0.25, 0.3) is 0 Å². The Morgan fingerprint density at radius 3 is 2.94 bits per heavy atom. The second-order valence-electron chi connectivity index (χ2n) is 4.62. The van der Waals surface area contributed by atoms with Crippen molar-refractivity contribution in [3.05, 3.63) is 29.8 Å². The topological polar surface area (TPSA) is 66.6 Å². The zero-order chi connectivity index (χ0) is 12.4. The molecule has 1 aromatic rings. The molecule has 3 atom stereocenters. The summed E-state index contributed by atoms with van der Waals surface area (Å²) < 4.78 is 0. The van der Waals surface area contributed by atoms with E-state index in [2.05, 4.69) is 0 Å². The molecule has 17 heavy (non-hydrogen) atoms. The number of carbonyl (C=O) groups is 1. The van der Waals surface area contributed by atoms with Crippen LogP contribution in [0.4, 0.5) is 5.69 Å². The molecule has 4 heteroatoms. The van der Waals surface area contributed by atoms with Crippen molar-refractivity contribution in [2.75, 3.05) is 11.4 Å². The first-order chi connectivity index (χ1) is 8.13. The van der Waals surface area contributed by atoms with Gasteiger partial charge < -0.3 is 20.5 Å². The number of carbonyl (C=O) groups excluding carboxylic acids is 1. The fourth-order valence-electron chi connectivity index (χ4n) is 2.41. The summed E-state index contributed by atoms with van der Waals surface area (Å²) in [5.41, 5.74) is 8.16. The van der Waals surface area contributed by atoms with Gasteiger partial charge in [0, 0.05) is 18.3 Å². The van der Waals surface area contributed by atoms with Crippen LogP contribution in [0.3, 0.4) is 0 Å². The normalized spacial score (nSPS) is 25.2. The number of aliphatic hydroxyl groups is 1. The van der Waals surface area contributed by atoms with Gasteiger partial charge in [-0.1, -0.05) is 18.2 Å². The molecule has 0 spiro atoms. The van der Waals surface area contributed by atoms with Gasteiger partial charge in [0.1, 0.15) is 12.3 Å². The van der Waals surface area contributed by atoms with Crippen LogP contribution in [0.15, 0.2) is 24.3 Å². The largest absolute Gasteiger partial charge is 0.392 e. The van der Waals surface area contributed by atoms with Gasteiger partial charge in [-0.2, -0.15) is 0 Å². The second-order valence-corrected chi connectivity index (χ2v) is 4.62. The Morgan fingerprint density at radius 2 is 2.29 bits per heavy atom. The Bertz CT molecular complexity index is 406. The summed E-state index contributed by atoms with van der Waals surface area (Å²) in [5, 5.41) is 9.53. The smallest absolute Gasteiger partial charge is 0.144 e.